The summed E-state index contributed by atoms with van der Waals surface area (Å²) in [4.78, 5) is 0. The van der Waals surface area contributed by atoms with Gasteiger partial charge in [0.2, 0.25) is 0 Å². The van der Waals surface area contributed by atoms with E-state index in [2.05, 4.69) is 5.32 Å². The Hall–Kier alpha value is -0.290. The van der Waals surface area contributed by atoms with E-state index in [0.717, 1.165) is 25.8 Å². The van der Waals surface area contributed by atoms with Crippen LogP contribution in [-0.4, -0.2) is 31.0 Å². The molecule has 1 rings (SSSR count). The maximum Gasteiger partial charge on any atom is 0.389 e. The molecule has 2 N–H and O–H groups in total. The van der Waals surface area contributed by atoms with Gasteiger partial charge in [0.25, 0.3) is 0 Å². The summed E-state index contributed by atoms with van der Waals surface area (Å²) in [6, 6.07) is 0. The third kappa shape index (κ3) is 5.37. The zero-order chi connectivity index (χ0) is 11.4. The molecule has 2 nitrogen and oxygen atoms in total. The van der Waals surface area contributed by atoms with Gasteiger partial charge in [-0.1, -0.05) is 0 Å². The quantitative estimate of drug-likeness (QED) is 0.650. The zero-order valence-corrected chi connectivity index (χ0v) is 8.74. The second-order valence-corrected chi connectivity index (χ2v) is 4.37. The summed E-state index contributed by atoms with van der Waals surface area (Å²) in [6.45, 7) is 1.32. The molecule has 0 unspecified atom stereocenters. The molecule has 1 saturated carbocycles. The van der Waals surface area contributed by atoms with Gasteiger partial charge < -0.3 is 10.4 Å². The van der Waals surface area contributed by atoms with E-state index in [-0.39, 0.29) is 18.4 Å². The Balaban J connectivity index is 1.98. The summed E-state index contributed by atoms with van der Waals surface area (Å²) in [7, 11) is 0. The fourth-order valence-corrected chi connectivity index (χ4v) is 1.70. The van der Waals surface area contributed by atoms with Crippen LogP contribution in [-0.2, 0) is 0 Å². The van der Waals surface area contributed by atoms with Crippen LogP contribution in [0.3, 0.4) is 0 Å². The number of rotatable bonds is 7. The van der Waals surface area contributed by atoms with Crippen molar-refractivity contribution in [2.24, 2.45) is 5.41 Å². The first kappa shape index (κ1) is 12.8. The van der Waals surface area contributed by atoms with Gasteiger partial charge in [-0.2, -0.15) is 13.2 Å². The number of hydrogen-bond donors (Lipinski definition) is 2. The molecule has 0 aromatic rings. The summed E-state index contributed by atoms with van der Waals surface area (Å²) in [5.74, 6) is 0. The molecule has 0 aromatic heterocycles. The van der Waals surface area contributed by atoms with Gasteiger partial charge in [0, 0.05) is 19.6 Å². The van der Waals surface area contributed by atoms with Crippen molar-refractivity contribution >= 4 is 0 Å². The monoisotopic (exact) mass is 225 g/mol. The molecular weight excluding hydrogens is 207 g/mol. The molecule has 1 aliphatic rings. The average molecular weight is 225 g/mol. The van der Waals surface area contributed by atoms with Crippen LogP contribution in [0.2, 0.25) is 0 Å². The Morgan fingerprint density at radius 1 is 1.27 bits per heavy atom. The van der Waals surface area contributed by atoms with Crippen LogP contribution >= 0.6 is 0 Å². The first-order valence-electron chi connectivity index (χ1n) is 5.36. The summed E-state index contributed by atoms with van der Waals surface area (Å²) in [6.07, 6.45) is -1.69. The smallest absolute Gasteiger partial charge is 0.389 e. The number of alkyl halides is 3. The number of aliphatic hydroxyl groups is 1. The van der Waals surface area contributed by atoms with E-state index < -0.39 is 12.6 Å². The summed E-state index contributed by atoms with van der Waals surface area (Å²) in [5, 5.41) is 11.8. The average Bonchev–Trinajstić information content (AvgIpc) is 2.83. The highest BCUT2D eigenvalue weighted by Gasteiger charge is 2.41. The minimum Gasteiger partial charge on any atom is -0.396 e. The normalized spacial score (nSPS) is 19.2. The Morgan fingerprint density at radius 2 is 1.93 bits per heavy atom. The van der Waals surface area contributed by atoms with Crippen molar-refractivity contribution in [1.82, 2.24) is 5.32 Å². The highest BCUT2D eigenvalue weighted by molar-refractivity contribution is 4.94. The lowest BCUT2D eigenvalue weighted by atomic mass is 10.0. The highest BCUT2D eigenvalue weighted by Crippen LogP contribution is 2.47. The van der Waals surface area contributed by atoms with E-state index in [1.165, 1.54) is 0 Å². The van der Waals surface area contributed by atoms with Gasteiger partial charge in [-0.15, -0.1) is 0 Å². The van der Waals surface area contributed by atoms with Crippen LogP contribution in [0.15, 0.2) is 0 Å². The molecular formula is C10H18F3NO. The fraction of sp³-hybridized carbons (Fsp3) is 1.00. The van der Waals surface area contributed by atoms with Crippen LogP contribution in [0.25, 0.3) is 0 Å². The van der Waals surface area contributed by atoms with Crippen molar-refractivity contribution in [3.63, 3.8) is 0 Å². The molecule has 0 amide bonds. The number of aliphatic hydroxyl groups excluding tert-OH is 1. The molecule has 90 valence electrons. The number of hydrogen-bond acceptors (Lipinski definition) is 2. The third-order valence-electron chi connectivity index (χ3n) is 2.91. The summed E-state index contributed by atoms with van der Waals surface area (Å²) in [5.41, 5.74) is 0.187. The largest absolute Gasteiger partial charge is 0.396 e. The van der Waals surface area contributed by atoms with E-state index in [0.29, 0.717) is 6.54 Å². The Labute approximate surface area is 87.9 Å². The lowest BCUT2D eigenvalue weighted by molar-refractivity contribution is -0.135. The molecule has 0 saturated heterocycles. The van der Waals surface area contributed by atoms with E-state index in [1.54, 1.807) is 0 Å². The van der Waals surface area contributed by atoms with E-state index in [4.69, 9.17) is 5.11 Å². The molecule has 0 heterocycles. The fourth-order valence-electron chi connectivity index (χ4n) is 1.70. The van der Waals surface area contributed by atoms with Crippen molar-refractivity contribution in [3.8, 4) is 0 Å². The molecule has 0 radical (unpaired) electrons. The SMILES string of the molecule is OCCC1(CNCCCC(F)(F)F)CC1. The van der Waals surface area contributed by atoms with E-state index >= 15 is 0 Å². The predicted molar refractivity (Wildman–Crippen MR) is 51.5 cm³/mol. The van der Waals surface area contributed by atoms with Crippen molar-refractivity contribution in [1.29, 1.82) is 0 Å². The molecule has 1 aliphatic carbocycles. The number of nitrogens with one attached hydrogen (secondary N) is 1. The first-order valence-corrected chi connectivity index (χ1v) is 5.36. The lowest BCUT2D eigenvalue weighted by Gasteiger charge is -2.14. The zero-order valence-electron chi connectivity index (χ0n) is 8.74. The van der Waals surface area contributed by atoms with Crippen LogP contribution in [0.1, 0.15) is 32.1 Å². The van der Waals surface area contributed by atoms with Gasteiger partial charge in [-0.3, -0.25) is 0 Å². The molecule has 0 spiro atoms. The molecule has 5 heteroatoms. The first-order chi connectivity index (χ1) is 6.97. The van der Waals surface area contributed by atoms with Gasteiger partial charge in [0.1, 0.15) is 0 Å². The standard InChI is InChI=1S/C10H18F3NO/c11-10(12,13)2-1-6-14-8-9(3-4-9)5-7-15/h14-15H,1-8H2. The molecule has 0 aromatic carbocycles. The summed E-state index contributed by atoms with van der Waals surface area (Å²) >= 11 is 0. The van der Waals surface area contributed by atoms with Crippen molar-refractivity contribution in [2.45, 2.75) is 38.3 Å². The molecule has 1 fully saturated rings. The summed E-state index contributed by atoms with van der Waals surface area (Å²) < 4.78 is 35.4. The number of halogens is 3. The van der Waals surface area contributed by atoms with Gasteiger partial charge in [-0.05, 0) is 37.6 Å². The topological polar surface area (TPSA) is 32.3 Å². The second kappa shape index (κ2) is 5.16. The maximum absolute atomic E-state index is 11.8. The van der Waals surface area contributed by atoms with Gasteiger partial charge in [0.15, 0.2) is 0 Å². The maximum atomic E-state index is 11.8. The minimum absolute atomic E-state index is 0.138. The van der Waals surface area contributed by atoms with Gasteiger partial charge >= 0.3 is 6.18 Å². The Bertz CT molecular complexity index is 190. The lowest BCUT2D eigenvalue weighted by Crippen LogP contribution is -2.26. The van der Waals surface area contributed by atoms with E-state index in [1.807, 2.05) is 0 Å². The van der Waals surface area contributed by atoms with Crippen molar-refractivity contribution in [3.05, 3.63) is 0 Å². The van der Waals surface area contributed by atoms with Gasteiger partial charge in [-0.25, -0.2) is 0 Å². The Morgan fingerprint density at radius 3 is 2.40 bits per heavy atom. The third-order valence-corrected chi connectivity index (χ3v) is 2.91. The second-order valence-electron chi connectivity index (χ2n) is 4.37. The van der Waals surface area contributed by atoms with Crippen molar-refractivity contribution < 1.29 is 18.3 Å². The van der Waals surface area contributed by atoms with Crippen molar-refractivity contribution in [2.75, 3.05) is 19.7 Å². The van der Waals surface area contributed by atoms with Crippen LogP contribution in [0, 0.1) is 5.41 Å². The molecule has 0 bridgehead atoms. The molecule has 0 atom stereocenters. The Kier molecular flexibility index (Phi) is 4.40. The van der Waals surface area contributed by atoms with Crippen LogP contribution in [0.4, 0.5) is 13.2 Å². The minimum atomic E-state index is -4.04. The van der Waals surface area contributed by atoms with Crippen LogP contribution < -0.4 is 5.32 Å². The van der Waals surface area contributed by atoms with Crippen LogP contribution in [0.5, 0.6) is 0 Å². The highest BCUT2D eigenvalue weighted by atomic mass is 19.4. The molecule has 0 aliphatic heterocycles. The molecule has 15 heavy (non-hydrogen) atoms. The predicted octanol–water partition coefficient (Wildman–Crippen LogP) is 2.08. The van der Waals surface area contributed by atoms with E-state index in [9.17, 15) is 13.2 Å². The van der Waals surface area contributed by atoms with Gasteiger partial charge in [0.05, 0.1) is 0 Å².